The van der Waals surface area contributed by atoms with Gasteiger partial charge in [0.05, 0.1) is 66.1 Å². The molecule has 0 radical (unpaired) electrons. The Balaban J connectivity index is 1.71. The molecule has 0 amide bonds. The predicted octanol–water partition coefficient (Wildman–Crippen LogP) is 4.48. The Morgan fingerprint density at radius 1 is 0.525 bits per heavy atom. The molecule has 11 heteroatoms. The number of phosphoric acid groups is 1. The maximum atomic E-state index is 11.7. The van der Waals surface area contributed by atoms with Crippen molar-refractivity contribution in [1.82, 2.24) is 0 Å². The van der Waals surface area contributed by atoms with Crippen LogP contribution in [0.15, 0.2) is 30.6 Å². The van der Waals surface area contributed by atoms with Crippen molar-refractivity contribution in [3.8, 4) is 0 Å². The smallest absolute Gasteiger partial charge is 0.268 e. The van der Waals surface area contributed by atoms with Gasteiger partial charge in [0.2, 0.25) is 0 Å². The number of pyridine rings is 1. The fourth-order valence-corrected chi connectivity index (χ4v) is 4.44. The molecule has 0 fully saturated rings. The molecule has 0 aromatic carbocycles. The second-order valence-electron chi connectivity index (χ2n) is 9.47. The Morgan fingerprint density at radius 2 is 0.925 bits per heavy atom. The van der Waals surface area contributed by atoms with Crippen LogP contribution in [0, 0.1) is 0 Å². The molecule has 0 aliphatic carbocycles. The van der Waals surface area contributed by atoms with Crippen LogP contribution < -0.4 is 9.46 Å². The summed E-state index contributed by atoms with van der Waals surface area (Å²) in [5, 5.41) is 0. The molecule has 1 rings (SSSR count). The molecule has 0 N–H and O–H groups in total. The van der Waals surface area contributed by atoms with Gasteiger partial charge in [-0.05, 0) is 6.42 Å². The van der Waals surface area contributed by atoms with Crippen molar-refractivity contribution >= 4 is 7.82 Å². The number of hydrogen-bond acceptors (Lipinski definition) is 9. The molecule has 0 spiro atoms. The van der Waals surface area contributed by atoms with Gasteiger partial charge in [-0.15, -0.1) is 0 Å². The second kappa shape index (κ2) is 28.2. The lowest BCUT2D eigenvalue weighted by Crippen LogP contribution is -2.34. The minimum absolute atomic E-state index is 0.00619. The van der Waals surface area contributed by atoms with Gasteiger partial charge in [-0.3, -0.25) is 4.57 Å². The number of unbranched alkanes of at least 4 members (excludes halogenated alkanes) is 9. The van der Waals surface area contributed by atoms with Gasteiger partial charge in [0.15, 0.2) is 18.9 Å². The summed E-state index contributed by atoms with van der Waals surface area (Å²) >= 11 is 0. The van der Waals surface area contributed by atoms with Crippen molar-refractivity contribution in [2.24, 2.45) is 0 Å². The lowest BCUT2D eigenvalue weighted by Gasteiger charge is -2.21. The Labute approximate surface area is 242 Å². The van der Waals surface area contributed by atoms with Crippen LogP contribution in [0.2, 0.25) is 0 Å². The standard InChI is InChI=1S/C29H54NO9P/c1-2-3-4-5-6-7-8-9-10-14-18-33-20-21-34-22-23-35-24-25-36-26-27-37-28-29-39-40(31,32)38-19-17-30-15-12-11-13-16-30/h11-13,15-16H,2-10,14,17-29H2,1H3. The molecule has 1 aromatic rings. The van der Waals surface area contributed by atoms with Crippen LogP contribution in [-0.4, -0.2) is 79.3 Å². The summed E-state index contributed by atoms with van der Waals surface area (Å²) in [5.74, 6) is 0. The first kappa shape index (κ1) is 37.1. The quantitative estimate of drug-likeness (QED) is 0.0702. The van der Waals surface area contributed by atoms with Gasteiger partial charge in [0, 0.05) is 18.7 Å². The zero-order valence-corrected chi connectivity index (χ0v) is 25.6. The number of phosphoric ester groups is 1. The molecule has 1 heterocycles. The van der Waals surface area contributed by atoms with Crippen LogP contribution in [0.5, 0.6) is 0 Å². The minimum Gasteiger partial charge on any atom is -0.756 e. The average Bonchev–Trinajstić information content (AvgIpc) is 2.95. The van der Waals surface area contributed by atoms with Crippen molar-refractivity contribution in [2.75, 3.05) is 79.3 Å². The largest absolute Gasteiger partial charge is 0.756 e. The van der Waals surface area contributed by atoms with E-state index in [0.717, 1.165) is 13.0 Å². The van der Waals surface area contributed by atoms with E-state index in [2.05, 4.69) is 6.92 Å². The first-order valence-electron chi connectivity index (χ1n) is 15.1. The second-order valence-corrected chi connectivity index (χ2v) is 10.9. The minimum atomic E-state index is -4.34. The third-order valence-corrected chi connectivity index (χ3v) is 6.98. The molecule has 1 unspecified atom stereocenters. The highest BCUT2D eigenvalue weighted by Crippen LogP contribution is 2.37. The van der Waals surface area contributed by atoms with Crippen molar-refractivity contribution in [3.63, 3.8) is 0 Å². The lowest BCUT2D eigenvalue weighted by atomic mass is 10.1. The number of rotatable bonds is 31. The Kier molecular flexibility index (Phi) is 26.1. The maximum Gasteiger partial charge on any atom is 0.268 e. The van der Waals surface area contributed by atoms with E-state index in [9.17, 15) is 9.46 Å². The summed E-state index contributed by atoms with van der Waals surface area (Å²) in [7, 11) is -4.34. The highest BCUT2D eigenvalue weighted by molar-refractivity contribution is 7.45. The third kappa shape index (κ3) is 26.0. The molecule has 0 bridgehead atoms. The molecule has 1 aromatic heterocycles. The van der Waals surface area contributed by atoms with E-state index >= 15 is 0 Å². The first-order valence-corrected chi connectivity index (χ1v) is 16.5. The fourth-order valence-electron chi connectivity index (χ4n) is 3.76. The summed E-state index contributed by atoms with van der Waals surface area (Å²) in [6.45, 7) is 7.40. The van der Waals surface area contributed by atoms with Crippen LogP contribution in [-0.2, 0) is 43.8 Å². The van der Waals surface area contributed by atoms with E-state index in [1.807, 2.05) is 35.2 Å². The van der Waals surface area contributed by atoms with Crippen molar-refractivity contribution < 1.29 is 46.8 Å². The van der Waals surface area contributed by atoms with Gasteiger partial charge in [0.1, 0.15) is 6.61 Å². The van der Waals surface area contributed by atoms with E-state index in [1.165, 1.54) is 57.8 Å². The molecule has 10 nitrogen and oxygen atoms in total. The van der Waals surface area contributed by atoms with E-state index in [4.69, 9.17) is 32.7 Å². The summed E-state index contributed by atoms with van der Waals surface area (Å²) in [6.07, 6.45) is 17.0. The SMILES string of the molecule is CCCCCCCCCCCCOCCOCCOCCOCCOCCOP(=O)([O-])OCC[n+]1ccccc1. The summed E-state index contributed by atoms with van der Waals surface area (Å²) in [4.78, 5) is 11.7. The monoisotopic (exact) mass is 591 g/mol. The zero-order valence-electron chi connectivity index (χ0n) is 24.7. The normalized spacial score (nSPS) is 13.1. The highest BCUT2D eigenvalue weighted by atomic mass is 31.2. The van der Waals surface area contributed by atoms with E-state index in [-0.39, 0.29) is 19.8 Å². The Hall–Kier alpha value is -0.940. The molecule has 1 atom stereocenters. The molecule has 40 heavy (non-hydrogen) atoms. The fraction of sp³-hybridized carbons (Fsp3) is 0.828. The van der Waals surface area contributed by atoms with Gasteiger partial charge in [0.25, 0.3) is 7.82 Å². The molecule has 234 valence electrons. The van der Waals surface area contributed by atoms with Gasteiger partial charge in [-0.2, -0.15) is 0 Å². The number of hydrogen-bond donors (Lipinski definition) is 0. The molecule has 0 aliphatic rings. The number of ether oxygens (including phenoxy) is 5. The molecular formula is C29H54NO9P. The first-order chi connectivity index (χ1) is 19.6. The number of nitrogens with zero attached hydrogens (tertiary/aromatic N) is 1. The Morgan fingerprint density at radius 3 is 1.43 bits per heavy atom. The average molecular weight is 592 g/mol. The van der Waals surface area contributed by atoms with Crippen LogP contribution in [0.25, 0.3) is 0 Å². The summed E-state index contributed by atoms with van der Waals surface area (Å²) in [6, 6.07) is 5.59. The molecular weight excluding hydrogens is 537 g/mol. The Bertz CT molecular complexity index is 699. The topological polar surface area (TPSA) is 109 Å². The predicted molar refractivity (Wildman–Crippen MR) is 152 cm³/mol. The van der Waals surface area contributed by atoms with E-state index in [1.54, 1.807) is 0 Å². The lowest BCUT2D eigenvalue weighted by molar-refractivity contribution is -0.697. The van der Waals surface area contributed by atoms with Crippen molar-refractivity contribution in [3.05, 3.63) is 30.6 Å². The van der Waals surface area contributed by atoms with E-state index < -0.39 is 7.82 Å². The molecule has 0 saturated heterocycles. The van der Waals surface area contributed by atoms with Crippen LogP contribution in [0.3, 0.4) is 0 Å². The van der Waals surface area contributed by atoms with Crippen LogP contribution in [0.4, 0.5) is 0 Å². The van der Waals surface area contributed by atoms with Crippen molar-refractivity contribution in [1.29, 1.82) is 0 Å². The summed E-state index contributed by atoms with van der Waals surface area (Å²) in [5.41, 5.74) is 0. The third-order valence-electron chi connectivity index (χ3n) is 5.98. The van der Waals surface area contributed by atoms with Gasteiger partial charge >= 0.3 is 0 Å². The van der Waals surface area contributed by atoms with Gasteiger partial charge in [-0.25, -0.2) is 4.57 Å². The van der Waals surface area contributed by atoms with Crippen LogP contribution >= 0.6 is 7.82 Å². The van der Waals surface area contributed by atoms with Gasteiger partial charge < -0.3 is 37.6 Å². The summed E-state index contributed by atoms with van der Waals surface area (Å²) < 4.78 is 50.5. The van der Waals surface area contributed by atoms with Crippen molar-refractivity contribution in [2.45, 2.75) is 77.7 Å². The number of aromatic nitrogens is 1. The zero-order chi connectivity index (χ0) is 28.8. The highest BCUT2D eigenvalue weighted by Gasteiger charge is 2.10. The molecule has 0 saturated carbocycles. The maximum absolute atomic E-state index is 11.7. The van der Waals surface area contributed by atoms with E-state index in [0.29, 0.717) is 59.4 Å². The van der Waals surface area contributed by atoms with Crippen LogP contribution in [0.1, 0.15) is 71.1 Å². The van der Waals surface area contributed by atoms with Gasteiger partial charge in [-0.1, -0.05) is 70.8 Å². The molecule has 0 aliphatic heterocycles.